The van der Waals surface area contributed by atoms with Crippen molar-refractivity contribution >= 4 is 27.7 Å². The molecule has 0 N–H and O–H groups in total. The highest BCUT2D eigenvalue weighted by Gasteiger charge is 2.23. The fourth-order valence-corrected chi connectivity index (χ4v) is 3.02. The van der Waals surface area contributed by atoms with Crippen molar-refractivity contribution in [1.82, 2.24) is 14.4 Å². The Kier molecular flexibility index (Phi) is 4.86. The molecule has 110 valence electrons. The van der Waals surface area contributed by atoms with E-state index in [2.05, 4.69) is 15.9 Å². The van der Waals surface area contributed by atoms with Gasteiger partial charge in [0, 0.05) is 50.3 Å². The molecule has 1 saturated heterocycles. The summed E-state index contributed by atoms with van der Waals surface area (Å²) < 4.78 is 2.73. The predicted octanol–water partition coefficient (Wildman–Crippen LogP) is 1.87. The molecule has 1 aromatic heterocycles. The fraction of sp³-hybridized carbons (Fsp3) is 0.571. The molecule has 6 heteroatoms. The summed E-state index contributed by atoms with van der Waals surface area (Å²) in [4.78, 5) is 27.9. The number of amides is 2. The maximum absolute atomic E-state index is 12.5. The summed E-state index contributed by atoms with van der Waals surface area (Å²) in [5.74, 6) is 0.199. The molecule has 0 bridgehead atoms. The Morgan fingerprint density at radius 3 is 2.45 bits per heavy atom. The topological polar surface area (TPSA) is 45.6 Å². The van der Waals surface area contributed by atoms with Crippen LogP contribution < -0.4 is 0 Å². The third kappa shape index (κ3) is 3.23. The third-order valence-corrected chi connectivity index (χ3v) is 4.06. The standard InChI is InChI=1S/C14H20BrN3O2/c1-3-13(19)17-5-4-6-18(8-7-17)14(20)12-9-11(15)10-16(12)2/h9-10H,3-8H2,1-2H3. The third-order valence-electron chi connectivity index (χ3n) is 3.63. The molecule has 0 atom stereocenters. The first-order valence-electron chi connectivity index (χ1n) is 6.92. The van der Waals surface area contributed by atoms with Crippen LogP contribution in [0.1, 0.15) is 30.3 Å². The van der Waals surface area contributed by atoms with E-state index in [1.165, 1.54) is 0 Å². The van der Waals surface area contributed by atoms with Gasteiger partial charge in [-0.25, -0.2) is 0 Å². The van der Waals surface area contributed by atoms with Crippen molar-refractivity contribution < 1.29 is 9.59 Å². The smallest absolute Gasteiger partial charge is 0.270 e. The number of aromatic nitrogens is 1. The Morgan fingerprint density at radius 1 is 1.20 bits per heavy atom. The van der Waals surface area contributed by atoms with Crippen LogP contribution in [0.3, 0.4) is 0 Å². The summed E-state index contributed by atoms with van der Waals surface area (Å²) in [5, 5.41) is 0. The second kappa shape index (κ2) is 6.43. The molecule has 1 fully saturated rings. The second-order valence-corrected chi connectivity index (χ2v) is 5.95. The fourth-order valence-electron chi connectivity index (χ4n) is 2.49. The molecule has 0 unspecified atom stereocenters. The lowest BCUT2D eigenvalue weighted by Gasteiger charge is -2.22. The van der Waals surface area contributed by atoms with E-state index >= 15 is 0 Å². The van der Waals surface area contributed by atoms with Crippen LogP contribution in [0.4, 0.5) is 0 Å². The van der Waals surface area contributed by atoms with Gasteiger partial charge in [-0.05, 0) is 28.4 Å². The second-order valence-electron chi connectivity index (χ2n) is 5.03. The lowest BCUT2D eigenvalue weighted by Crippen LogP contribution is -2.37. The van der Waals surface area contributed by atoms with Gasteiger partial charge in [-0.2, -0.15) is 0 Å². The minimum Gasteiger partial charge on any atom is -0.345 e. The Balaban J connectivity index is 2.05. The van der Waals surface area contributed by atoms with Crippen molar-refractivity contribution in [2.45, 2.75) is 19.8 Å². The molecule has 5 nitrogen and oxygen atoms in total. The number of halogens is 1. The van der Waals surface area contributed by atoms with Gasteiger partial charge in [0.05, 0.1) is 0 Å². The molecule has 2 heterocycles. The SMILES string of the molecule is CCC(=O)N1CCCN(C(=O)c2cc(Br)cn2C)CC1. The van der Waals surface area contributed by atoms with Crippen molar-refractivity contribution in [3.05, 3.63) is 22.4 Å². The largest absolute Gasteiger partial charge is 0.345 e. The van der Waals surface area contributed by atoms with E-state index in [4.69, 9.17) is 0 Å². The number of hydrogen-bond acceptors (Lipinski definition) is 2. The minimum absolute atomic E-state index is 0.0315. The average molecular weight is 342 g/mol. The highest BCUT2D eigenvalue weighted by atomic mass is 79.9. The number of carbonyl (C=O) groups excluding carboxylic acids is 2. The zero-order valence-electron chi connectivity index (χ0n) is 11.9. The van der Waals surface area contributed by atoms with Gasteiger partial charge in [0.15, 0.2) is 0 Å². The normalized spacial score (nSPS) is 16.1. The van der Waals surface area contributed by atoms with Crippen LogP contribution in [0.25, 0.3) is 0 Å². The number of carbonyl (C=O) groups is 2. The van der Waals surface area contributed by atoms with E-state index < -0.39 is 0 Å². The predicted molar refractivity (Wildman–Crippen MR) is 80.5 cm³/mol. The van der Waals surface area contributed by atoms with E-state index in [1.807, 2.05) is 40.6 Å². The van der Waals surface area contributed by atoms with Gasteiger partial charge in [-0.3, -0.25) is 9.59 Å². The van der Waals surface area contributed by atoms with Crippen molar-refractivity contribution in [2.75, 3.05) is 26.2 Å². The van der Waals surface area contributed by atoms with Crippen LogP contribution in [-0.4, -0.2) is 52.4 Å². The maximum Gasteiger partial charge on any atom is 0.270 e. The van der Waals surface area contributed by atoms with E-state index in [9.17, 15) is 9.59 Å². The van der Waals surface area contributed by atoms with Crippen LogP contribution in [0.5, 0.6) is 0 Å². The monoisotopic (exact) mass is 341 g/mol. The Labute approximate surface area is 127 Å². The van der Waals surface area contributed by atoms with Crippen LogP contribution in [-0.2, 0) is 11.8 Å². The molecule has 0 radical (unpaired) electrons. The van der Waals surface area contributed by atoms with Gasteiger partial charge < -0.3 is 14.4 Å². The number of hydrogen-bond donors (Lipinski definition) is 0. The van der Waals surface area contributed by atoms with Crippen LogP contribution in [0.15, 0.2) is 16.7 Å². The molecule has 1 aliphatic heterocycles. The molecule has 1 aliphatic rings. The molecular formula is C14H20BrN3O2. The van der Waals surface area contributed by atoms with Crippen LogP contribution in [0, 0.1) is 0 Å². The molecule has 2 amide bonds. The summed E-state index contributed by atoms with van der Waals surface area (Å²) in [6, 6.07) is 1.84. The van der Waals surface area contributed by atoms with Crippen LogP contribution >= 0.6 is 15.9 Å². The summed E-state index contributed by atoms with van der Waals surface area (Å²) in [6.45, 7) is 4.55. The number of rotatable bonds is 2. The Hall–Kier alpha value is -1.30. The van der Waals surface area contributed by atoms with Crippen LogP contribution in [0.2, 0.25) is 0 Å². The Morgan fingerprint density at radius 2 is 1.85 bits per heavy atom. The zero-order chi connectivity index (χ0) is 14.7. The molecule has 0 aliphatic carbocycles. The summed E-state index contributed by atoms with van der Waals surface area (Å²) in [7, 11) is 1.86. The first-order valence-corrected chi connectivity index (χ1v) is 7.71. The van der Waals surface area contributed by atoms with Gasteiger partial charge in [-0.1, -0.05) is 6.92 Å². The highest BCUT2D eigenvalue weighted by molar-refractivity contribution is 9.10. The molecule has 0 saturated carbocycles. The lowest BCUT2D eigenvalue weighted by atomic mass is 10.3. The van der Waals surface area contributed by atoms with Gasteiger partial charge in [0.1, 0.15) is 5.69 Å². The summed E-state index contributed by atoms with van der Waals surface area (Å²) in [5.41, 5.74) is 0.673. The first kappa shape index (κ1) is 15.1. The van der Waals surface area contributed by atoms with Gasteiger partial charge in [0.2, 0.25) is 5.91 Å². The molecule has 0 aromatic carbocycles. The summed E-state index contributed by atoms with van der Waals surface area (Å²) >= 11 is 3.38. The molecule has 2 rings (SSSR count). The van der Waals surface area contributed by atoms with Crippen molar-refractivity contribution in [1.29, 1.82) is 0 Å². The Bertz CT molecular complexity index is 513. The zero-order valence-corrected chi connectivity index (χ0v) is 13.5. The van der Waals surface area contributed by atoms with E-state index in [0.717, 1.165) is 17.4 Å². The van der Waals surface area contributed by atoms with Crippen molar-refractivity contribution in [2.24, 2.45) is 7.05 Å². The van der Waals surface area contributed by atoms with Crippen molar-refractivity contribution in [3.8, 4) is 0 Å². The van der Waals surface area contributed by atoms with E-state index in [-0.39, 0.29) is 11.8 Å². The first-order chi connectivity index (χ1) is 9.52. The molecule has 0 spiro atoms. The highest BCUT2D eigenvalue weighted by Crippen LogP contribution is 2.16. The van der Waals surface area contributed by atoms with Gasteiger partial charge in [0.25, 0.3) is 5.91 Å². The van der Waals surface area contributed by atoms with Gasteiger partial charge >= 0.3 is 0 Å². The molecular weight excluding hydrogens is 322 g/mol. The quantitative estimate of drug-likeness (QED) is 0.824. The van der Waals surface area contributed by atoms with E-state index in [1.54, 1.807) is 0 Å². The summed E-state index contributed by atoms with van der Waals surface area (Å²) in [6.07, 6.45) is 3.24. The molecule has 1 aromatic rings. The number of aryl methyl sites for hydroxylation is 1. The lowest BCUT2D eigenvalue weighted by molar-refractivity contribution is -0.130. The average Bonchev–Trinajstić information content (AvgIpc) is 2.66. The number of nitrogens with zero attached hydrogens (tertiary/aromatic N) is 3. The maximum atomic E-state index is 12.5. The molecule has 20 heavy (non-hydrogen) atoms. The minimum atomic E-state index is 0.0315. The van der Waals surface area contributed by atoms with Crippen molar-refractivity contribution in [3.63, 3.8) is 0 Å². The van der Waals surface area contributed by atoms with Gasteiger partial charge in [-0.15, -0.1) is 0 Å². The van der Waals surface area contributed by atoms with E-state index in [0.29, 0.717) is 31.7 Å².